The molecule has 0 amide bonds. The zero-order chi connectivity index (χ0) is 14.8. The van der Waals surface area contributed by atoms with Gasteiger partial charge in [-0.1, -0.05) is 29.3 Å². The number of rotatable bonds is 4. The molecule has 1 aromatic carbocycles. The summed E-state index contributed by atoms with van der Waals surface area (Å²) in [7, 11) is -2.11. The maximum Gasteiger partial charge on any atom is 0.262 e. The van der Waals surface area contributed by atoms with Gasteiger partial charge in [-0.05, 0) is 18.2 Å². The van der Waals surface area contributed by atoms with Crippen molar-refractivity contribution in [1.82, 2.24) is 4.98 Å². The summed E-state index contributed by atoms with van der Waals surface area (Å²) >= 11 is 11.8. The lowest BCUT2D eigenvalue weighted by Gasteiger charge is -2.11. The molecule has 0 spiro atoms. The summed E-state index contributed by atoms with van der Waals surface area (Å²) in [6.45, 7) is 0. The van der Waals surface area contributed by atoms with Crippen LogP contribution >= 0.6 is 23.2 Å². The van der Waals surface area contributed by atoms with E-state index in [0.717, 1.165) is 0 Å². The van der Waals surface area contributed by atoms with Gasteiger partial charge in [-0.15, -0.1) is 0 Å². The Hall–Kier alpha value is -1.50. The van der Waals surface area contributed by atoms with Crippen LogP contribution in [0.3, 0.4) is 0 Å². The van der Waals surface area contributed by atoms with Gasteiger partial charge in [0.2, 0.25) is 0 Å². The van der Waals surface area contributed by atoms with Gasteiger partial charge >= 0.3 is 0 Å². The lowest BCUT2D eigenvalue weighted by atomic mass is 10.3. The molecule has 0 aliphatic heterocycles. The zero-order valence-corrected chi connectivity index (χ0v) is 12.7. The van der Waals surface area contributed by atoms with E-state index in [0.29, 0.717) is 5.82 Å². The number of hydrogen-bond donors (Lipinski definition) is 2. The molecule has 1 aromatic heterocycles. The SMILES string of the molecule is CNc1cc(S(=O)(=O)Nc2cccc(Cl)c2Cl)ccn1. The maximum atomic E-state index is 12.3. The van der Waals surface area contributed by atoms with Gasteiger partial charge in [-0.25, -0.2) is 13.4 Å². The second-order valence-electron chi connectivity index (χ2n) is 3.83. The summed E-state index contributed by atoms with van der Waals surface area (Å²) in [5.41, 5.74) is 0.224. The number of halogens is 2. The lowest BCUT2D eigenvalue weighted by molar-refractivity contribution is 0.601. The molecular weight excluding hydrogens is 321 g/mol. The number of anilines is 2. The Morgan fingerprint density at radius 3 is 2.65 bits per heavy atom. The number of nitrogens with zero attached hydrogens (tertiary/aromatic N) is 1. The second kappa shape index (κ2) is 5.87. The summed E-state index contributed by atoms with van der Waals surface area (Å²) in [6, 6.07) is 7.53. The predicted octanol–water partition coefficient (Wildman–Crippen LogP) is 3.23. The molecule has 1 heterocycles. The van der Waals surface area contributed by atoms with Crippen molar-refractivity contribution in [1.29, 1.82) is 0 Å². The van der Waals surface area contributed by atoms with Crippen molar-refractivity contribution in [3.05, 3.63) is 46.6 Å². The van der Waals surface area contributed by atoms with Crippen LogP contribution in [0.25, 0.3) is 0 Å². The van der Waals surface area contributed by atoms with Crippen LogP contribution < -0.4 is 10.0 Å². The van der Waals surface area contributed by atoms with Crippen molar-refractivity contribution in [2.45, 2.75) is 4.90 Å². The highest BCUT2D eigenvalue weighted by molar-refractivity contribution is 7.92. The van der Waals surface area contributed by atoms with Gasteiger partial charge in [0.05, 0.1) is 20.6 Å². The number of aromatic nitrogens is 1. The Bertz CT molecular complexity index is 735. The minimum Gasteiger partial charge on any atom is -0.373 e. The van der Waals surface area contributed by atoms with E-state index in [1.165, 1.54) is 24.4 Å². The van der Waals surface area contributed by atoms with Crippen molar-refractivity contribution in [3.8, 4) is 0 Å². The molecule has 0 saturated heterocycles. The Kier molecular flexibility index (Phi) is 4.37. The first-order valence-electron chi connectivity index (χ1n) is 5.54. The van der Waals surface area contributed by atoms with Crippen LogP contribution in [0.15, 0.2) is 41.4 Å². The summed E-state index contributed by atoms with van der Waals surface area (Å²) in [5, 5.41) is 3.20. The standard InChI is InChI=1S/C12H11Cl2N3O2S/c1-15-11-7-8(5-6-16-11)20(18,19)17-10-4-2-3-9(13)12(10)14/h2-7,17H,1H3,(H,15,16). The fraction of sp³-hybridized carbons (Fsp3) is 0.0833. The van der Waals surface area contributed by atoms with Crippen LogP contribution in [-0.2, 0) is 10.0 Å². The highest BCUT2D eigenvalue weighted by atomic mass is 35.5. The Labute approximate surface area is 127 Å². The van der Waals surface area contributed by atoms with Crippen molar-refractivity contribution in [3.63, 3.8) is 0 Å². The molecule has 106 valence electrons. The van der Waals surface area contributed by atoms with E-state index < -0.39 is 10.0 Å². The molecule has 0 aliphatic rings. The van der Waals surface area contributed by atoms with Gasteiger partial charge < -0.3 is 5.32 Å². The molecule has 0 atom stereocenters. The normalized spacial score (nSPS) is 11.2. The Morgan fingerprint density at radius 1 is 1.20 bits per heavy atom. The third kappa shape index (κ3) is 3.15. The topological polar surface area (TPSA) is 71.1 Å². The third-order valence-corrected chi connectivity index (χ3v) is 4.68. The van der Waals surface area contributed by atoms with Crippen molar-refractivity contribution < 1.29 is 8.42 Å². The van der Waals surface area contributed by atoms with Crippen LogP contribution in [0.1, 0.15) is 0 Å². The minimum absolute atomic E-state index is 0.0768. The van der Waals surface area contributed by atoms with Crippen LogP contribution in [0.4, 0.5) is 11.5 Å². The first-order chi connectivity index (χ1) is 9.44. The molecule has 2 aromatic rings. The molecule has 8 heteroatoms. The van der Waals surface area contributed by atoms with Crippen molar-refractivity contribution >= 4 is 44.7 Å². The summed E-state index contributed by atoms with van der Waals surface area (Å²) in [6.07, 6.45) is 1.40. The van der Waals surface area contributed by atoms with E-state index in [1.807, 2.05) is 0 Å². The molecule has 2 rings (SSSR count). The molecule has 0 saturated carbocycles. The third-order valence-electron chi connectivity index (χ3n) is 2.49. The molecule has 0 fully saturated rings. The number of nitrogens with one attached hydrogen (secondary N) is 2. The van der Waals surface area contributed by atoms with Gasteiger partial charge in [0.1, 0.15) is 5.82 Å². The minimum atomic E-state index is -3.76. The fourth-order valence-electron chi connectivity index (χ4n) is 1.50. The van der Waals surface area contributed by atoms with E-state index in [-0.39, 0.29) is 20.6 Å². The quantitative estimate of drug-likeness (QED) is 0.902. The van der Waals surface area contributed by atoms with Gasteiger partial charge in [0.25, 0.3) is 10.0 Å². The summed E-state index contributed by atoms with van der Waals surface area (Å²) in [4.78, 5) is 4.04. The molecule has 5 nitrogen and oxygen atoms in total. The fourth-order valence-corrected chi connectivity index (χ4v) is 2.99. The second-order valence-corrected chi connectivity index (χ2v) is 6.30. The molecule has 0 unspecified atom stereocenters. The monoisotopic (exact) mass is 331 g/mol. The van der Waals surface area contributed by atoms with Crippen LogP contribution in [-0.4, -0.2) is 20.4 Å². The largest absolute Gasteiger partial charge is 0.373 e. The van der Waals surface area contributed by atoms with Gasteiger partial charge in [-0.3, -0.25) is 4.72 Å². The average Bonchev–Trinajstić information content (AvgIpc) is 2.44. The maximum absolute atomic E-state index is 12.3. The van der Waals surface area contributed by atoms with E-state index in [1.54, 1.807) is 19.2 Å². The lowest BCUT2D eigenvalue weighted by Crippen LogP contribution is -2.13. The Balaban J connectivity index is 2.38. The average molecular weight is 332 g/mol. The Morgan fingerprint density at radius 2 is 1.95 bits per heavy atom. The molecule has 0 bridgehead atoms. The van der Waals surface area contributed by atoms with E-state index in [4.69, 9.17) is 23.2 Å². The molecule has 0 radical (unpaired) electrons. The van der Waals surface area contributed by atoms with Gasteiger partial charge in [0, 0.05) is 19.3 Å². The van der Waals surface area contributed by atoms with Crippen LogP contribution in [0.5, 0.6) is 0 Å². The van der Waals surface area contributed by atoms with Gasteiger partial charge in [0.15, 0.2) is 0 Å². The highest BCUT2D eigenvalue weighted by Gasteiger charge is 2.17. The summed E-state index contributed by atoms with van der Waals surface area (Å²) in [5.74, 6) is 0.449. The first-order valence-corrected chi connectivity index (χ1v) is 7.78. The predicted molar refractivity (Wildman–Crippen MR) is 81.1 cm³/mol. The number of sulfonamides is 1. The van der Waals surface area contributed by atoms with Crippen LogP contribution in [0, 0.1) is 0 Å². The molecular formula is C12H11Cl2N3O2S. The number of benzene rings is 1. The number of pyridine rings is 1. The van der Waals surface area contributed by atoms with E-state index in [9.17, 15) is 8.42 Å². The zero-order valence-electron chi connectivity index (χ0n) is 10.4. The number of hydrogen-bond acceptors (Lipinski definition) is 4. The van der Waals surface area contributed by atoms with Crippen molar-refractivity contribution in [2.75, 3.05) is 17.1 Å². The highest BCUT2D eigenvalue weighted by Crippen LogP contribution is 2.31. The van der Waals surface area contributed by atoms with E-state index >= 15 is 0 Å². The molecule has 20 heavy (non-hydrogen) atoms. The van der Waals surface area contributed by atoms with Gasteiger partial charge in [-0.2, -0.15) is 0 Å². The van der Waals surface area contributed by atoms with Crippen molar-refractivity contribution in [2.24, 2.45) is 0 Å². The smallest absolute Gasteiger partial charge is 0.262 e. The first kappa shape index (κ1) is 14.9. The molecule has 2 N–H and O–H groups in total. The summed E-state index contributed by atoms with van der Waals surface area (Å²) < 4.78 is 26.9. The van der Waals surface area contributed by atoms with Crippen LogP contribution in [0.2, 0.25) is 10.0 Å². The molecule has 0 aliphatic carbocycles. The van der Waals surface area contributed by atoms with E-state index in [2.05, 4.69) is 15.0 Å².